The first-order valence-electron chi connectivity index (χ1n) is 11.9. The maximum Gasteiger partial charge on any atom is 0.254 e. The molecule has 2 aromatic carbocycles. The van der Waals surface area contributed by atoms with Crippen LogP contribution >= 0.6 is 11.8 Å². The Labute approximate surface area is 199 Å². The van der Waals surface area contributed by atoms with Gasteiger partial charge in [-0.05, 0) is 56.5 Å². The van der Waals surface area contributed by atoms with Gasteiger partial charge in [0.05, 0.1) is 23.2 Å². The summed E-state index contributed by atoms with van der Waals surface area (Å²) in [6.45, 7) is 7.95. The highest BCUT2D eigenvalue weighted by Crippen LogP contribution is 2.25. The number of carbonyl (C=O) groups excluding carboxylic acids is 1. The summed E-state index contributed by atoms with van der Waals surface area (Å²) >= 11 is 1.68. The number of para-hydroxylation sites is 2. The van der Waals surface area contributed by atoms with E-state index in [9.17, 15) is 4.79 Å². The normalized spacial score (nSPS) is 23.9. The molecule has 2 aliphatic heterocycles. The monoisotopic (exact) mass is 464 g/mol. The van der Waals surface area contributed by atoms with Crippen LogP contribution in [0.25, 0.3) is 11.0 Å². The van der Waals surface area contributed by atoms with Crippen LogP contribution in [0.1, 0.15) is 42.6 Å². The third-order valence-electron chi connectivity index (χ3n) is 6.55. The zero-order chi connectivity index (χ0) is 22.8. The van der Waals surface area contributed by atoms with Gasteiger partial charge in [-0.1, -0.05) is 36.0 Å². The van der Waals surface area contributed by atoms with Crippen LogP contribution in [0, 0.1) is 0 Å². The molecule has 174 valence electrons. The molecule has 3 unspecified atom stereocenters. The molecular formula is C26H32N4O2S. The quantitative estimate of drug-likeness (QED) is 0.542. The molecule has 3 heterocycles. The Kier molecular flexibility index (Phi) is 6.71. The van der Waals surface area contributed by atoms with Gasteiger partial charge in [0, 0.05) is 43.5 Å². The molecule has 7 heteroatoms. The Hall–Kier alpha value is -2.35. The van der Waals surface area contributed by atoms with Crippen LogP contribution < -0.4 is 0 Å². The summed E-state index contributed by atoms with van der Waals surface area (Å²) in [5.74, 6) is 0.969. The standard InChI is InChI=1S/C26H32N4O2S/c1-18-14-29(15-19(2)32-18)16-22-6-5-13-30(22)25(31)21-11-9-20(10-12-21)17-33-26-27-23-7-3-4-8-24(23)28-26/h3-4,7-12,18-19,22H,5-6,13-17H2,1-2H3,(H,27,28). The van der Waals surface area contributed by atoms with Crippen molar-refractivity contribution in [1.82, 2.24) is 19.8 Å². The van der Waals surface area contributed by atoms with Crippen LogP contribution in [-0.2, 0) is 10.5 Å². The number of amides is 1. The van der Waals surface area contributed by atoms with Crippen molar-refractivity contribution in [3.63, 3.8) is 0 Å². The molecule has 6 nitrogen and oxygen atoms in total. The number of hydrogen-bond donors (Lipinski definition) is 1. The smallest absolute Gasteiger partial charge is 0.254 e. The number of likely N-dealkylation sites (tertiary alicyclic amines) is 1. The number of carbonyl (C=O) groups is 1. The van der Waals surface area contributed by atoms with Gasteiger partial charge in [-0.15, -0.1) is 0 Å². The minimum absolute atomic E-state index is 0.156. The molecule has 3 aromatic rings. The van der Waals surface area contributed by atoms with Crippen molar-refractivity contribution in [2.45, 2.75) is 55.8 Å². The van der Waals surface area contributed by atoms with Gasteiger partial charge in [-0.3, -0.25) is 9.69 Å². The number of benzene rings is 2. The van der Waals surface area contributed by atoms with Gasteiger partial charge in [0.2, 0.25) is 0 Å². The molecule has 0 aliphatic carbocycles. The maximum absolute atomic E-state index is 13.3. The van der Waals surface area contributed by atoms with Crippen LogP contribution in [0.2, 0.25) is 0 Å². The number of H-pyrrole nitrogens is 1. The predicted octanol–water partition coefficient (Wildman–Crippen LogP) is 4.57. The number of fused-ring (bicyclic) bond motifs is 1. The van der Waals surface area contributed by atoms with E-state index in [1.54, 1.807) is 11.8 Å². The average molecular weight is 465 g/mol. The number of nitrogens with one attached hydrogen (secondary N) is 1. The molecule has 3 atom stereocenters. The summed E-state index contributed by atoms with van der Waals surface area (Å²) < 4.78 is 5.87. The van der Waals surface area contributed by atoms with Crippen LogP contribution in [0.4, 0.5) is 0 Å². The van der Waals surface area contributed by atoms with E-state index in [4.69, 9.17) is 4.74 Å². The van der Waals surface area contributed by atoms with Crippen LogP contribution in [0.3, 0.4) is 0 Å². The second kappa shape index (κ2) is 9.87. The zero-order valence-corrected chi connectivity index (χ0v) is 20.2. The molecule has 1 aromatic heterocycles. The summed E-state index contributed by atoms with van der Waals surface area (Å²) in [5.41, 5.74) is 4.01. The third-order valence-corrected chi connectivity index (χ3v) is 7.49. The van der Waals surface area contributed by atoms with Gasteiger partial charge in [0.15, 0.2) is 5.16 Å². The third kappa shape index (κ3) is 5.26. The first-order valence-corrected chi connectivity index (χ1v) is 12.9. The van der Waals surface area contributed by atoms with Crippen LogP contribution in [0.15, 0.2) is 53.7 Å². The molecule has 2 fully saturated rings. The van der Waals surface area contributed by atoms with Crippen molar-refractivity contribution < 1.29 is 9.53 Å². The molecule has 2 aliphatic rings. The van der Waals surface area contributed by atoms with E-state index in [-0.39, 0.29) is 18.1 Å². The number of rotatable bonds is 6. The number of aromatic nitrogens is 2. The maximum atomic E-state index is 13.3. The van der Waals surface area contributed by atoms with Gasteiger partial charge >= 0.3 is 0 Å². The number of hydrogen-bond acceptors (Lipinski definition) is 5. The average Bonchev–Trinajstić information content (AvgIpc) is 3.43. The molecule has 0 saturated carbocycles. The minimum Gasteiger partial charge on any atom is -0.373 e. The summed E-state index contributed by atoms with van der Waals surface area (Å²) in [4.78, 5) is 25.8. The van der Waals surface area contributed by atoms with Crippen LogP contribution in [0.5, 0.6) is 0 Å². The minimum atomic E-state index is 0.156. The number of ether oxygens (including phenoxy) is 1. The zero-order valence-electron chi connectivity index (χ0n) is 19.4. The first kappa shape index (κ1) is 22.4. The SMILES string of the molecule is CC1CN(CC2CCCN2C(=O)c2ccc(CSc3nc4ccccc4[nH]3)cc2)CC(C)O1. The Morgan fingerprint density at radius 1 is 1.12 bits per heavy atom. The molecule has 1 amide bonds. The number of thioether (sulfide) groups is 1. The van der Waals surface area contributed by atoms with Crippen molar-refractivity contribution >= 4 is 28.7 Å². The Morgan fingerprint density at radius 3 is 2.64 bits per heavy atom. The van der Waals surface area contributed by atoms with E-state index in [1.165, 1.54) is 5.56 Å². The summed E-state index contributed by atoms with van der Waals surface area (Å²) in [5, 5.41) is 0.919. The van der Waals surface area contributed by atoms with E-state index in [1.807, 2.05) is 36.4 Å². The van der Waals surface area contributed by atoms with Crippen molar-refractivity contribution in [1.29, 1.82) is 0 Å². The highest BCUT2D eigenvalue weighted by molar-refractivity contribution is 7.98. The summed E-state index contributed by atoms with van der Waals surface area (Å²) in [6.07, 6.45) is 2.67. The molecule has 2 saturated heterocycles. The van der Waals surface area contributed by atoms with Gasteiger partial charge in [-0.25, -0.2) is 4.98 Å². The van der Waals surface area contributed by atoms with E-state index >= 15 is 0 Å². The molecule has 0 bridgehead atoms. The van der Waals surface area contributed by atoms with E-state index in [2.05, 4.69) is 45.7 Å². The number of aromatic amines is 1. The Balaban J connectivity index is 1.18. The van der Waals surface area contributed by atoms with E-state index in [0.717, 1.165) is 66.5 Å². The van der Waals surface area contributed by atoms with Gasteiger partial charge in [-0.2, -0.15) is 0 Å². The predicted molar refractivity (Wildman–Crippen MR) is 133 cm³/mol. The highest BCUT2D eigenvalue weighted by Gasteiger charge is 2.32. The number of morpholine rings is 1. The fourth-order valence-electron chi connectivity index (χ4n) is 5.08. The highest BCUT2D eigenvalue weighted by atomic mass is 32.2. The lowest BCUT2D eigenvalue weighted by Crippen LogP contribution is -2.50. The second-order valence-corrected chi connectivity index (χ2v) is 10.3. The van der Waals surface area contributed by atoms with Crippen molar-refractivity contribution in [2.24, 2.45) is 0 Å². The second-order valence-electron chi connectivity index (χ2n) is 9.32. The lowest BCUT2D eigenvalue weighted by molar-refractivity contribution is -0.0715. The molecule has 33 heavy (non-hydrogen) atoms. The summed E-state index contributed by atoms with van der Waals surface area (Å²) in [6, 6.07) is 16.5. The molecule has 5 rings (SSSR count). The van der Waals surface area contributed by atoms with Crippen molar-refractivity contribution in [2.75, 3.05) is 26.2 Å². The number of nitrogens with zero attached hydrogens (tertiary/aromatic N) is 3. The lowest BCUT2D eigenvalue weighted by Gasteiger charge is -2.38. The van der Waals surface area contributed by atoms with E-state index in [0.29, 0.717) is 6.04 Å². The largest absolute Gasteiger partial charge is 0.373 e. The van der Waals surface area contributed by atoms with E-state index < -0.39 is 0 Å². The topological polar surface area (TPSA) is 61.5 Å². The van der Waals surface area contributed by atoms with Crippen molar-refractivity contribution in [3.05, 3.63) is 59.7 Å². The Morgan fingerprint density at radius 2 is 1.88 bits per heavy atom. The lowest BCUT2D eigenvalue weighted by atomic mass is 10.1. The Bertz CT molecular complexity index is 1060. The first-order chi connectivity index (χ1) is 16.0. The number of imidazole rings is 1. The molecule has 0 spiro atoms. The molecule has 0 radical (unpaired) electrons. The van der Waals surface area contributed by atoms with Crippen molar-refractivity contribution in [3.8, 4) is 0 Å². The summed E-state index contributed by atoms with van der Waals surface area (Å²) in [7, 11) is 0. The fraction of sp³-hybridized carbons (Fsp3) is 0.462. The van der Waals surface area contributed by atoms with Gasteiger partial charge < -0.3 is 14.6 Å². The molecular weight excluding hydrogens is 432 g/mol. The fourth-order valence-corrected chi connectivity index (χ4v) is 5.92. The van der Waals surface area contributed by atoms with Gasteiger partial charge in [0.25, 0.3) is 5.91 Å². The van der Waals surface area contributed by atoms with Crippen LogP contribution in [-0.4, -0.2) is 70.1 Å². The van der Waals surface area contributed by atoms with Gasteiger partial charge in [0.1, 0.15) is 0 Å². The molecule has 1 N–H and O–H groups in total.